The van der Waals surface area contributed by atoms with Crippen molar-refractivity contribution in [3.63, 3.8) is 0 Å². The summed E-state index contributed by atoms with van der Waals surface area (Å²) >= 11 is 3.35. The lowest BCUT2D eigenvalue weighted by Gasteiger charge is -2.00. The highest BCUT2D eigenvalue weighted by Crippen LogP contribution is 2.29. The number of hydrogen-bond donors (Lipinski definition) is 0. The summed E-state index contributed by atoms with van der Waals surface area (Å²) < 4.78 is 28.7. The molecule has 1 aromatic heterocycles. The van der Waals surface area contributed by atoms with Crippen LogP contribution in [0, 0.1) is 0 Å². The lowest BCUT2D eigenvalue weighted by atomic mass is 10.2. The molecule has 0 bridgehead atoms. The van der Waals surface area contributed by atoms with Gasteiger partial charge < -0.3 is 4.74 Å². The first-order valence-electron chi connectivity index (χ1n) is 5.16. The van der Waals surface area contributed by atoms with Crippen LogP contribution in [0.15, 0.2) is 22.8 Å². The van der Waals surface area contributed by atoms with Crippen LogP contribution in [-0.4, -0.2) is 16.9 Å². The van der Waals surface area contributed by atoms with E-state index in [0.717, 1.165) is 14.5 Å². The third kappa shape index (κ3) is 1.31. The molecule has 0 amide bonds. The predicted molar refractivity (Wildman–Crippen MR) is 55.0 cm³/mol. The number of methoxy groups -OCH3 is 1. The van der Waals surface area contributed by atoms with Crippen molar-refractivity contribution in [3.05, 3.63) is 22.8 Å². The molecule has 0 atom stereocenters. The van der Waals surface area contributed by atoms with E-state index < -0.39 is 6.98 Å². The Labute approximate surface area is 88.6 Å². The molecule has 0 spiro atoms. The van der Waals surface area contributed by atoms with Crippen LogP contribution < -0.4 is 4.74 Å². The van der Waals surface area contributed by atoms with Gasteiger partial charge in [-0.3, -0.25) is 4.68 Å². The zero-order valence-electron chi connectivity index (χ0n) is 9.91. The minimum atomic E-state index is -2.27. The monoisotopic (exact) mass is 243 g/mol. The molecule has 0 N–H and O–H groups in total. The van der Waals surface area contributed by atoms with Crippen LogP contribution in [0.2, 0.25) is 0 Å². The molecular formula is C9H9BrN2O. The summed E-state index contributed by atoms with van der Waals surface area (Å²) in [5.74, 6) is 0.557. The van der Waals surface area contributed by atoms with E-state index in [0.29, 0.717) is 11.3 Å². The van der Waals surface area contributed by atoms with Gasteiger partial charge in [-0.1, -0.05) is 15.9 Å². The third-order valence-corrected chi connectivity index (χ3v) is 2.50. The standard InChI is InChI=1S/C9H9BrN2O/c1-12-5-6-7(10)3-4-8(13-2)9(6)11-12/h3-5H,1-2H3/i1D3. The van der Waals surface area contributed by atoms with Crippen molar-refractivity contribution >= 4 is 26.8 Å². The van der Waals surface area contributed by atoms with Crippen LogP contribution in [0.5, 0.6) is 5.75 Å². The fourth-order valence-corrected chi connectivity index (χ4v) is 1.64. The van der Waals surface area contributed by atoms with Gasteiger partial charge in [0.2, 0.25) is 0 Å². The van der Waals surface area contributed by atoms with E-state index in [4.69, 9.17) is 8.85 Å². The molecule has 1 heterocycles. The summed E-state index contributed by atoms with van der Waals surface area (Å²) in [4.78, 5) is 0. The maximum atomic E-state index is 7.28. The van der Waals surface area contributed by atoms with Gasteiger partial charge in [0.1, 0.15) is 11.3 Å². The van der Waals surface area contributed by atoms with Gasteiger partial charge in [-0.05, 0) is 12.1 Å². The number of fused-ring (bicyclic) bond motifs is 1. The summed E-state index contributed by atoms with van der Waals surface area (Å²) in [6.07, 6.45) is 1.48. The van der Waals surface area contributed by atoms with Crippen molar-refractivity contribution in [2.75, 3.05) is 7.11 Å². The van der Waals surface area contributed by atoms with E-state index in [1.807, 2.05) is 0 Å². The number of aryl methyl sites for hydroxylation is 1. The maximum Gasteiger partial charge on any atom is 0.147 e. The molecule has 0 saturated carbocycles. The molecule has 0 aliphatic heterocycles. The largest absolute Gasteiger partial charge is 0.494 e. The van der Waals surface area contributed by atoms with Gasteiger partial charge in [0.15, 0.2) is 0 Å². The van der Waals surface area contributed by atoms with E-state index in [9.17, 15) is 0 Å². The Morgan fingerprint density at radius 1 is 1.62 bits per heavy atom. The second-order valence-electron chi connectivity index (χ2n) is 2.59. The summed E-state index contributed by atoms with van der Waals surface area (Å²) in [7, 11) is 1.52. The number of ether oxygens (including phenoxy) is 1. The van der Waals surface area contributed by atoms with Gasteiger partial charge in [0.25, 0.3) is 0 Å². The molecule has 0 unspecified atom stereocenters. The van der Waals surface area contributed by atoms with Crippen molar-refractivity contribution in [2.45, 2.75) is 0 Å². The van der Waals surface area contributed by atoms with Gasteiger partial charge in [-0.2, -0.15) is 5.10 Å². The van der Waals surface area contributed by atoms with Crippen LogP contribution >= 0.6 is 15.9 Å². The Kier molecular flexibility index (Phi) is 1.32. The first-order chi connectivity index (χ1) is 7.43. The Bertz CT molecular complexity index is 535. The normalized spacial score (nSPS) is 15.1. The highest BCUT2D eigenvalue weighted by Gasteiger charge is 2.07. The molecule has 4 heteroatoms. The molecule has 2 rings (SSSR count). The van der Waals surface area contributed by atoms with Gasteiger partial charge >= 0.3 is 0 Å². The van der Waals surface area contributed by atoms with E-state index in [1.54, 1.807) is 12.1 Å². The van der Waals surface area contributed by atoms with Crippen molar-refractivity contribution in [1.29, 1.82) is 0 Å². The van der Waals surface area contributed by atoms with Gasteiger partial charge in [-0.25, -0.2) is 0 Å². The van der Waals surface area contributed by atoms with Crippen LogP contribution in [-0.2, 0) is 6.98 Å². The molecule has 1 aromatic carbocycles. The van der Waals surface area contributed by atoms with Crippen molar-refractivity contribution in [1.82, 2.24) is 9.78 Å². The molecule has 0 radical (unpaired) electrons. The first kappa shape index (κ1) is 5.65. The topological polar surface area (TPSA) is 27.1 Å². The SMILES string of the molecule is [2H]C([2H])([2H])n1cc2c(Br)ccc(OC)c2n1. The summed E-state index contributed by atoms with van der Waals surface area (Å²) in [6.45, 7) is -2.27. The Morgan fingerprint density at radius 2 is 2.46 bits per heavy atom. The zero-order chi connectivity index (χ0) is 11.9. The van der Waals surface area contributed by atoms with E-state index in [-0.39, 0.29) is 0 Å². The summed E-state index contributed by atoms with van der Waals surface area (Å²) in [6, 6.07) is 3.54. The van der Waals surface area contributed by atoms with E-state index >= 15 is 0 Å². The Balaban J connectivity index is 2.73. The fraction of sp³-hybridized carbons (Fsp3) is 0.222. The summed E-state index contributed by atoms with van der Waals surface area (Å²) in [5.41, 5.74) is 0.535. The van der Waals surface area contributed by atoms with Gasteiger partial charge in [-0.15, -0.1) is 0 Å². The van der Waals surface area contributed by atoms with Gasteiger partial charge in [0.05, 0.1) is 7.11 Å². The number of aromatic nitrogens is 2. The number of hydrogen-bond acceptors (Lipinski definition) is 2. The van der Waals surface area contributed by atoms with E-state index in [2.05, 4.69) is 21.0 Å². The lowest BCUT2D eigenvalue weighted by molar-refractivity contribution is 0.418. The highest BCUT2D eigenvalue weighted by molar-refractivity contribution is 9.10. The molecule has 68 valence electrons. The second kappa shape index (κ2) is 3.03. The molecule has 0 fully saturated rings. The summed E-state index contributed by atoms with van der Waals surface area (Å²) in [5, 5.41) is 4.73. The minimum Gasteiger partial charge on any atom is -0.494 e. The van der Waals surface area contributed by atoms with Crippen molar-refractivity contribution in [3.8, 4) is 5.75 Å². The van der Waals surface area contributed by atoms with Crippen molar-refractivity contribution < 1.29 is 8.85 Å². The third-order valence-electron chi connectivity index (χ3n) is 1.81. The molecule has 13 heavy (non-hydrogen) atoms. The van der Waals surface area contributed by atoms with Crippen LogP contribution in [0.4, 0.5) is 0 Å². The molecule has 0 aliphatic rings. The maximum absolute atomic E-state index is 7.28. The number of nitrogens with zero attached hydrogens (tertiary/aromatic N) is 2. The van der Waals surface area contributed by atoms with E-state index in [1.165, 1.54) is 13.3 Å². The second-order valence-corrected chi connectivity index (χ2v) is 3.44. The van der Waals surface area contributed by atoms with Crippen molar-refractivity contribution in [2.24, 2.45) is 6.98 Å². The number of halogens is 1. The van der Waals surface area contributed by atoms with Gasteiger partial charge in [0, 0.05) is 27.1 Å². The lowest BCUT2D eigenvalue weighted by Crippen LogP contribution is -1.87. The average Bonchev–Trinajstić information content (AvgIpc) is 2.63. The number of rotatable bonds is 1. The average molecular weight is 244 g/mol. The molecule has 2 aromatic rings. The van der Waals surface area contributed by atoms with Crippen LogP contribution in [0.1, 0.15) is 4.11 Å². The fourth-order valence-electron chi connectivity index (χ4n) is 1.21. The number of benzene rings is 1. The molecule has 0 aliphatic carbocycles. The first-order valence-corrected chi connectivity index (χ1v) is 4.45. The molecule has 3 nitrogen and oxygen atoms in total. The zero-order valence-corrected chi connectivity index (χ0v) is 8.50. The smallest absolute Gasteiger partial charge is 0.147 e. The Morgan fingerprint density at radius 3 is 3.15 bits per heavy atom. The minimum absolute atomic E-state index is 0.535. The predicted octanol–water partition coefficient (Wildman–Crippen LogP) is 2.34. The molecule has 0 saturated heterocycles. The van der Waals surface area contributed by atoms with Crippen LogP contribution in [0.25, 0.3) is 10.9 Å². The van der Waals surface area contributed by atoms with Crippen LogP contribution in [0.3, 0.4) is 0 Å². The highest BCUT2D eigenvalue weighted by atomic mass is 79.9. The Hall–Kier alpha value is -1.03. The quantitative estimate of drug-likeness (QED) is 0.769. The molecular weight excluding hydrogens is 232 g/mol.